The van der Waals surface area contributed by atoms with Gasteiger partial charge in [-0.05, 0) is 56.5 Å². The van der Waals surface area contributed by atoms with Crippen LogP contribution in [0.2, 0.25) is 0 Å². The number of hydrogen-bond acceptors (Lipinski definition) is 3. The normalized spacial score (nSPS) is 17.9. The lowest BCUT2D eigenvalue weighted by Crippen LogP contribution is -2.34. The second kappa shape index (κ2) is 7.47. The maximum atomic E-state index is 12.5. The van der Waals surface area contributed by atoms with Crippen LogP contribution in [0.15, 0.2) is 47.4 Å². The highest BCUT2D eigenvalue weighted by atomic mass is 16.5. The molecule has 2 aromatic rings. The van der Waals surface area contributed by atoms with Gasteiger partial charge < -0.3 is 14.6 Å². The van der Waals surface area contributed by atoms with Crippen molar-refractivity contribution in [1.82, 2.24) is 9.88 Å². The van der Waals surface area contributed by atoms with Crippen LogP contribution in [0.1, 0.15) is 24.0 Å². The zero-order valence-corrected chi connectivity index (χ0v) is 13.6. The molecule has 1 aliphatic rings. The van der Waals surface area contributed by atoms with Gasteiger partial charge >= 0.3 is 0 Å². The van der Waals surface area contributed by atoms with Crippen LogP contribution in [0.3, 0.4) is 0 Å². The summed E-state index contributed by atoms with van der Waals surface area (Å²) in [5.74, 6) is 0.950. The van der Waals surface area contributed by atoms with E-state index in [1.54, 1.807) is 10.6 Å². The van der Waals surface area contributed by atoms with Crippen molar-refractivity contribution < 1.29 is 4.74 Å². The highest BCUT2D eigenvalue weighted by Crippen LogP contribution is 2.13. The van der Waals surface area contributed by atoms with Gasteiger partial charge in [0.25, 0.3) is 5.56 Å². The molecule has 0 radical (unpaired) electrons. The van der Waals surface area contributed by atoms with Crippen LogP contribution in [-0.2, 0) is 13.2 Å². The summed E-state index contributed by atoms with van der Waals surface area (Å²) < 4.78 is 7.52. The van der Waals surface area contributed by atoms with E-state index in [4.69, 9.17) is 4.74 Å². The molecule has 0 amide bonds. The molecule has 1 aromatic heterocycles. The van der Waals surface area contributed by atoms with Crippen molar-refractivity contribution in [3.8, 4) is 5.75 Å². The van der Waals surface area contributed by atoms with Gasteiger partial charge in [-0.2, -0.15) is 0 Å². The lowest BCUT2D eigenvalue weighted by Gasteiger charge is -2.23. The summed E-state index contributed by atoms with van der Waals surface area (Å²) in [6.07, 6.45) is 4.21. The molecular weight excluding hydrogens is 288 g/mol. The van der Waals surface area contributed by atoms with E-state index in [0.717, 1.165) is 25.2 Å². The molecule has 0 spiro atoms. The number of pyridine rings is 1. The number of aromatic nitrogens is 1. The Morgan fingerprint density at radius 1 is 1.26 bits per heavy atom. The molecule has 122 valence electrons. The first-order chi connectivity index (χ1) is 11.2. The molecule has 0 aliphatic carbocycles. The van der Waals surface area contributed by atoms with Crippen LogP contribution in [-0.4, -0.2) is 17.7 Å². The van der Waals surface area contributed by atoms with Gasteiger partial charge in [-0.15, -0.1) is 0 Å². The van der Waals surface area contributed by atoms with E-state index >= 15 is 0 Å². The zero-order valence-electron chi connectivity index (χ0n) is 13.6. The molecule has 1 N–H and O–H groups in total. The number of hydrogen-bond donors (Lipinski definition) is 1. The van der Waals surface area contributed by atoms with Crippen molar-refractivity contribution in [3.63, 3.8) is 0 Å². The first-order valence-corrected chi connectivity index (χ1v) is 8.31. The molecule has 1 atom stereocenters. The minimum Gasteiger partial charge on any atom is -0.483 e. The molecule has 1 saturated heterocycles. The van der Waals surface area contributed by atoms with Crippen LogP contribution in [0.5, 0.6) is 5.75 Å². The number of piperidine rings is 1. The van der Waals surface area contributed by atoms with Gasteiger partial charge in [0, 0.05) is 12.7 Å². The van der Waals surface area contributed by atoms with Crippen LogP contribution in [0.25, 0.3) is 0 Å². The minimum atomic E-state index is -0.0369. The molecule has 1 aliphatic heterocycles. The van der Waals surface area contributed by atoms with E-state index in [1.807, 2.05) is 24.4 Å². The predicted octanol–water partition coefficient (Wildman–Crippen LogP) is 2.74. The Morgan fingerprint density at radius 3 is 2.83 bits per heavy atom. The molecule has 23 heavy (non-hydrogen) atoms. The van der Waals surface area contributed by atoms with Crippen molar-refractivity contribution in [2.75, 3.05) is 13.1 Å². The summed E-state index contributed by atoms with van der Waals surface area (Å²) >= 11 is 0. The Morgan fingerprint density at radius 2 is 2.09 bits per heavy atom. The van der Waals surface area contributed by atoms with Crippen molar-refractivity contribution >= 4 is 0 Å². The number of nitrogens with zero attached hydrogens (tertiary/aromatic N) is 1. The summed E-state index contributed by atoms with van der Waals surface area (Å²) in [6.45, 7) is 5.31. The third-order valence-corrected chi connectivity index (χ3v) is 4.35. The van der Waals surface area contributed by atoms with Gasteiger partial charge in [0.2, 0.25) is 0 Å². The van der Waals surface area contributed by atoms with Crippen molar-refractivity contribution in [1.29, 1.82) is 0 Å². The molecule has 0 saturated carbocycles. The summed E-state index contributed by atoms with van der Waals surface area (Å²) in [5.41, 5.74) is 2.25. The Balaban J connectivity index is 1.66. The third-order valence-electron chi connectivity index (χ3n) is 4.35. The Hall–Kier alpha value is -2.07. The summed E-state index contributed by atoms with van der Waals surface area (Å²) in [7, 11) is 0. The third kappa shape index (κ3) is 4.23. The fourth-order valence-electron chi connectivity index (χ4n) is 2.97. The highest BCUT2D eigenvalue weighted by molar-refractivity contribution is 5.22. The number of benzene rings is 1. The first-order valence-electron chi connectivity index (χ1n) is 8.31. The summed E-state index contributed by atoms with van der Waals surface area (Å²) in [6, 6.07) is 11.8. The van der Waals surface area contributed by atoms with Gasteiger partial charge in [0.1, 0.15) is 6.61 Å². The fraction of sp³-hybridized carbons (Fsp3) is 0.421. The molecular formula is C19H24N2O2. The predicted molar refractivity (Wildman–Crippen MR) is 91.8 cm³/mol. The topological polar surface area (TPSA) is 43.3 Å². The van der Waals surface area contributed by atoms with Crippen LogP contribution in [0.4, 0.5) is 0 Å². The molecule has 0 bridgehead atoms. The second-order valence-corrected chi connectivity index (χ2v) is 6.32. The number of ether oxygens (including phenoxy) is 1. The average molecular weight is 312 g/mol. The van der Waals surface area contributed by atoms with Crippen LogP contribution in [0, 0.1) is 12.8 Å². The second-order valence-electron chi connectivity index (χ2n) is 6.32. The molecule has 3 rings (SSSR count). The average Bonchev–Trinajstić information content (AvgIpc) is 2.58. The quantitative estimate of drug-likeness (QED) is 0.923. The van der Waals surface area contributed by atoms with Gasteiger partial charge in [-0.25, -0.2) is 0 Å². The maximum absolute atomic E-state index is 12.5. The summed E-state index contributed by atoms with van der Waals surface area (Å²) in [5, 5.41) is 3.39. The molecule has 1 unspecified atom stereocenters. The number of nitrogens with one attached hydrogen (secondary N) is 1. The van der Waals surface area contributed by atoms with E-state index < -0.39 is 0 Å². The van der Waals surface area contributed by atoms with Gasteiger partial charge in [0.05, 0.1) is 0 Å². The molecule has 4 nitrogen and oxygen atoms in total. The molecule has 2 heterocycles. The van der Waals surface area contributed by atoms with Crippen molar-refractivity contribution in [2.24, 2.45) is 5.92 Å². The largest absolute Gasteiger partial charge is 0.483 e. The molecule has 1 aromatic carbocycles. The summed E-state index contributed by atoms with van der Waals surface area (Å²) in [4.78, 5) is 12.5. The standard InChI is InChI=1S/C19H24N2O2/c1-15-6-8-16(9-7-15)14-23-18-5-3-11-21(19(18)22)13-17-4-2-10-20-12-17/h3,5-9,11,17,20H,2,4,10,12-14H2,1H3. The fourth-order valence-corrected chi connectivity index (χ4v) is 2.97. The van der Waals surface area contributed by atoms with Crippen LogP contribution < -0.4 is 15.6 Å². The van der Waals surface area contributed by atoms with Crippen LogP contribution >= 0.6 is 0 Å². The number of aryl methyl sites for hydroxylation is 1. The Labute approximate surface area is 137 Å². The minimum absolute atomic E-state index is 0.0369. The van der Waals surface area contributed by atoms with E-state index in [-0.39, 0.29) is 5.56 Å². The number of rotatable bonds is 5. The van der Waals surface area contributed by atoms with Crippen molar-refractivity contribution in [3.05, 3.63) is 64.1 Å². The molecule has 1 fully saturated rings. The zero-order chi connectivity index (χ0) is 16.1. The van der Waals surface area contributed by atoms with Gasteiger partial charge in [-0.3, -0.25) is 4.79 Å². The maximum Gasteiger partial charge on any atom is 0.292 e. The lowest BCUT2D eigenvalue weighted by atomic mass is 10.00. The van der Waals surface area contributed by atoms with E-state index in [0.29, 0.717) is 18.3 Å². The van der Waals surface area contributed by atoms with Gasteiger partial charge in [0.15, 0.2) is 5.75 Å². The Bertz CT molecular complexity index is 685. The highest BCUT2D eigenvalue weighted by Gasteiger charge is 2.15. The van der Waals surface area contributed by atoms with E-state index in [9.17, 15) is 4.79 Å². The smallest absolute Gasteiger partial charge is 0.292 e. The van der Waals surface area contributed by atoms with Crippen molar-refractivity contribution in [2.45, 2.75) is 32.9 Å². The monoisotopic (exact) mass is 312 g/mol. The SMILES string of the molecule is Cc1ccc(COc2cccn(CC3CCCNC3)c2=O)cc1. The first kappa shape index (κ1) is 15.8. The lowest BCUT2D eigenvalue weighted by molar-refractivity contribution is 0.292. The van der Waals surface area contributed by atoms with E-state index in [1.165, 1.54) is 18.4 Å². The van der Waals surface area contributed by atoms with Gasteiger partial charge in [-0.1, -0.05) is 29.8 Å². The molecule has 4 heteroatoms. The van der Waals surface area contributed by atoms with E-state index in [2.05, 4.69) is 24.4 Å². The Kier molecular flexibility index (Phi) is 5.13.